The summed E-state index contributed by atoms with van der Waals surface area (Å²) in [5.41, 5.74) is 2.88. The molecule has 3 saturated carbocycles. The van der Waals surface area contributed by atoms with Crippen molar-refractivity contribution in [2.24, 2.45) is 52.3 Å². The molecule has 0 heterocycles. The molecule has 0 aromatic rings. The van der Waals surface area contributed by atoms with Gasteiger partial charge in [-0.1, -0.05) is 66.0 Å². The molecule has 0 aliphatic heterocycles. The minimum atomic E-state index is -0.0400. The average Bonchev–Trinajstić information content (AvgIpc) is 3.03. The molecule has 4 aliphatic carbocycles. The van der Waals surface area contributed by atoms with Gasteiger partial charge in [0.25, 0.3) is 0 Å². The van der Waals surface area contributed by atoms with Gasteiger partial charge in [-0.25, -0.2) is 0 Å². The lowest BCUT2D eigenvalue weighted by molar-refractivity contribution is -0.0428. The molecule has 29 heavy (non-hydrogen) atoms. The number of hydrogen-bond donors (Lipinski definition) is 1. The summed E-state index contributed by atoms with van der Waals surface area (Å²) in [6.45, 7) is 15.1. The lowest BCUT2D eigenvalue weighted by Gasteiger charge is -2.57. The number of rotatable bonds is 5. The molecule has 0 radical (unpaired) electrons. The second kappa shape index (κ2) is 7.99. The van der Waals surface area contributed by atoms with Crippen LogP contribution in [0.3, 0.4) is 0 Å². The smallest absolute Gasteiger partial charge is 0.0543 e. The summed E-state index contributed by atoms with van der Waals surface area (Å²) in [4.78, 5) is 0. The first-order valence-electron chi connectivity index (χ1n) is 13.0. The molecule has 0 aromatic heterocycles. The fourth-order valence-electron chi connectivity index (χ4n) is 8.53. The molecule has 166 valence electrons. The third-order valence-electron chi connectivity index (χ3n) is 11.0. The summed E-state index contributed by atoms with van der Waals surface area (Å²) in [6.07, 6.45) is 15.8. The first-order chi connectivity index (χ1) is 13.7. The Bertz CT molecular complexity index is 620. The summed E-state index contributed by atoms with van der Waals surface area (Å²) in [7, 11) is 0. The number of fused-ring (bicyclic) bond motifs is 5. The molecule has 0 bridgehead atoms. The third-order valence-corrected chi connectivity index (χ3v) is 11.0. The molecular weight excluding hydrogens is 352 g/mol. The summed E-state index contributed by atoms with van der Waals surface area (Å²) in [5.74, 6) is 5.85. The summed E-state index contributed by atoms with van der Waals surface area (Å²) in [6, 6.07) is 0. The number of aliphatic hydroxyl groups is 1. The molecular formula is C28H48O. The number of allylic oxidation sites excluding steroid dienone is 2. The maximum Gasteiger partial charge on any atom is 0.0543 e. The van der Waals surface area contributed by atoms with Crippen molar-refractivity contribution in [3.05, 3.63) is 11.6 Å². The molecule has 1 heteroatoms. The number of aliphatic hydroxyl groups excluding tert-OH is 1. The van der Waals surface area contributed by atoms with E-state index >= 15 is 0 Å². The van der Waals surface area contributed by atoms with Crippen molar-refractivity contribution in [2.45, 2.75) is 112 Å². The van der Waals surface area contributed by atoms with Gasteiger partial charge < -0.3 is 5.11 Å². The Morgan fingerprint density at radius 1 is 0.931 bits per heavy atom. The van der Waals surface area contributed by atoms with Gasteiger partial charge in [0.05, 0.1) is 6.10 Å². The SMILES string of the molecule is CC(C)[C@@H](C)CC[C@@H](C)[C@@H]1CC[C@@H]2C3=CC[C@@H]4C[C@H](O)CC[C@@]4(C)[C@H]3CC[C@]21C. The molecule has 4 aliphatic rings. The predicted octanol–water partition coefficient (Wildman–Crippen LogP) is 7.63. The Morgan fingerprint density at radius 2 is 1.62 bits per heavy atom. The van der Waals surface area contributed by atoms with Crippen molar-refractivity contribution in [1.82, 2.24) is 0 Å². The second-order valence-corrected chi connectivity index (χ2v) is 12.7. The fraction of sp³-hybridized carbons (Fsp3) is 0.929. The van der Waals surface area contributed by atoms with Gasteiger partial charge in [-0.05, 0) is 104 Å². The molecule has 1 nitrogen and oxygen atoms in total. The highest BCUT2D eigenvalue weighted by Gasteiger charge is 2.58. The molecule has 0 spiro atoms. The van der Waals surface area contributed by atoms with Gasteiger partial charge in [0.1, 0.15) is 0 Å². The minimum absolute atomic E-state index is 0.0400. The normalized spacial score (nSPS) is 46.5. The molecule has 3 fully saturated rings. The van der Waals surface area contributed by atoms with E-state index in [0.29, 0.717) is 10.8 Å². The topological polar surface area (TPSA) is 20.2 Å². The van der Waals surface area contributed by atoms with Crippen molar-refractivity contribution in [1.29, 1.82) is 0 Å². The quantitative estimate of drug-likeness (QED) is 0.470. The van der Waals surface area contributed by atoms with Gasteiger partial charge in [0.2, 0.25) is 0 Å². The van der Waals surface area contributed by atoms with Crippen LogP contribution in [-0.2, 0) is 0 Å². The maximum atomic E-state index is 10.2. The van der Waals surface area contributed by atoms with E-state index in [1.54, 1.807) is 0 Å². The van der Waals surface area contributed by atoms with Crippen molar-refractivity contribution < 1.29 is 5.11 Å². The van der Waals surface area contributed by atoms with Crippen LogP contribution in [-0.4, -0.2) is 11.2 Å². The highest BCUT2D eigenvalue weighted by atomic mass is 16.3. The maximum absolute atomic E-state index is 10.2. The Labute approximate surface area is 181 Å². The van der Waals surface area contributed by atoms with Crippen LogP contribution in [0.1, 0.15) is 106 Å². The lowest BCUT2D eigenvalue weighted by Crippen LogP contribution is -2.49. The van der Waals surface area contributed by atoms with Crippen LogP contribution in [0, 0.1) is 52.3 Å². The van der Waals surface area contributed by atoms with E-state index in [1.807, 2.05) is 5.57 Å². The van der Waals surface area contributed by atoms with E-state index in [-0.39, 0.29) is 6.10 Å². The van der Waals surface area contributed by atoms with Gasteiger partial charge in [-0.3, -0.25) is 0 Å². The monoisotopic (exact) mass is 400 g/mol. The van der Waals surface area contributed by atoms with Crippen LogP contribution in [0.25, 0.3) is 0 Å². The van der Waals surface area contributed by atoms with Crippen LogP contribution in [0.5, 0.6) is 0 Å². The van der Waals surface area contributed by atoms with Gasteiger partial charge in [-0.15, -0.1) is 0 Å². The second-order valence-electron chi connectivity index (χ2n) is 12.7. The zero-order chi connectivity index (χ0) is 21.0. The van der Waals surface area contributed by atoms with Crippen LogP contribution in [0.15, 0.2) is 11.6 Å². The van der Waals surface area contributed by atoms with Crippen LogP contribution in [0.2, 0.25) is 0 Å². The highest BCUT2D eigenvalue weighted by Crippen LogP contribution is 2.67. The van der Waals surface area contributed by atoms with Gasteiger partial charge >= 0.3 is 0 Å². The highest BCUT2D eigenvalue weighted by molar-refractivity contribution is 5.27. The largest absolute Gasteiger partial charge is 0.393 e. The Balaban J connectivity index is 1.50. The Hall–Kier alpha value is -0.300. The summed E-state index contributed by atoms with van der Waals surface area (Å²) < 4.78 is 0. The van der Waals surface area contributed by atoms with Gasteiger partial charge in [0.15, 0.2) is 0 Å². The predicted molar refractivity (Wildman–Crippen MR) is 124 cm³/mol. The minimum Gasteiger partial charge on any atom is -0.393 e. The average molecular weight is 401 g/mol. The summed E-state index contributed by atoms with van der Waals surface area (Å²) in [5, 5.41) is 10.2. The standard InChI is InChI=1S/C28H48O/c1-18(2)19(3)7-8-20(4)24-11-12-25-23-10-9-21-17-22(29)13-15-27(21,5)26(23)14-16-28(24,25)6/h10,18-22,24-26,29H,7-9,11-17H2,1-6H3/t19-,20+,21+,22+,24-,25+,26-,27+,28-/m0/s1. The zero-order valence-corrected chi connectivity index (χ0v) is 20.2. The van der Waals surface area contributed by atoms with E-state index in [0.717, 1.165) is 54.3 Å². The molecule has 4 rings (SSSR count). The van der Waals surface area contributed by atoms with Crippen molar-refractivity contribution in [3.63, 3.8) is 0 Å². The van der Waals surface area contributed by atoms with E-state index in [9.17, 15) is 5.11 Å². The van der Waals surface area contributed by atoms with Gasteiger partial charge in [0, 0.05) is 0 Å². The Kier molecular flexibility index (Phi) is 6.04. The first kappa shape index (κ1) is 21.9. The van der Waals surface area contributed by atoms with Crippen molar-refractivity contribution in [3.8, 4) is 0 Å². The lowest BCUT2D eigenvalue weighted by atomic mass is 9.47. The third kappa shape index (κ3) is 3.66. The first-order valence-corrected chi connectivity index (χ1v) is 13.0. The summed E-state index contributed by atoms with van der Waals surface area (Å²) >= 11 is 0. The van der Waals surface area contributed by atoms with Gasteiger partial charge in [-0.2, -0.15) is 0 Å². The van der Waals surface area contributed by atoms with Crippen LogP contribution >= 0.6 is 0 Å². The van der Waals surface area contributed by atoms with Crippen LogP contribution in [0.4, 0.5) is 0 Å². The molecule has 0 saturated heterocycles. The zero-order valence-electron chi connectivity index (χ0n) is 20.2. The number of hydrogen-bond acceptors (Lipinski definition) is 1. The molecule has 9 atom stereocenters. The van der Waals surface area contributed by atoms with E-state index in [4.69, 9.17) is 0 Å². The Morgan fingerprint density at radius 3 is 2.34 bits per heavy atom. The molecule has 0 aromatic carbocycles. The van der Waals surface area contributed by atoms with Crippen molar-refractivity contribution in [2.75, 3.05) is 0 Å². The fourth-order valence-corrected chi connectivity index (χ4v) is 8.53. The van der Waals surface area contributed by atoms with Crippen LogP contribution < -0.4 is 0 Å². The molecule has 0 amide bonds. The van der Waals surface area contributed by atoms with E-state index in [1.165, 1.54) is 51.4 Å². The van der Waals surface area contributed by atoms with E-state index < -0.39 is 0 Å². The molecule has 0 unspecified atom stereocenters. The molecule has 1 N–H and O–H groups in total. The van der Waals surface area contributed by atoms with Crippen molar-refractivity contribution >= 4 is 0 Å². The van der Waals surface area contributed by atoms with E-state index in [2.05, 4.69) is 47.6 Å².